The molecule has 0 aliphatic carbocycles. The van der Waals surface area contributed by atoms with Crippen LogP contribution in [0.1, 0.15) is 5.56 Å². The summed E-state index contributed by atoms with van der Waals surface area (Å²) in [6, 6.07) is 7.43. The molecule has 2 rings (SSSR count). The summed E-state index contributed by atoms with van der Waals surface area (Å²) in [5, 5.41) is 20.5. The molecule has 32 heavy (non-hydrogen) atoms. The molecule has 1 N–H and O–H groups in total. The van der Waals surface area contributed by atoms with Crippen molar-refractivity contribution in [3.8, 4) is 11.5 Å². The number of hydrogen-bond donors (Lipinski definition) is 1. The molecule has 0 fully saturated rings. The Kier molecular flexibility index (Phi) is 6.95. The summed E-state index contributed by atoms with van der Waals surface area (Å²) in [6.45, 7) is -2.39. The fraction of sp³-hybridized carbons (Fsp3) is 0.278. The van der Waals surface area contributed by atoms with Crippen LogP contribution in [0, 0.1) is 10.1 Å². The summed E-state index contributed by atoms with van der Waals surface area (Å²) in [6.07, 6.45) is -4.19. The van der Waals surface area contributed by atoms with Gasteiger partial charge < -0.3 is 9.84 Å². The van der Waals surface area contributed by atoms with E-state index in [0.29, 0.717) is 0 Å². The fourth-order valence-corrected chi connectivity index (χ4v) is 2.22. The number of nitro benzene ring substituents is 1. The minimum absolute atomic E-state index is 0.178. The first-order valence-electron chi connectivity index (χ1n) is 8.35. The predicted octanol–water partition coefficient (Wildman–Crippen LogP) is 5.60. The van der Waals surface area contributed by atoms with E-state index >= 15 is 0 Å². The molecule has 2 aromatic rings. The normalized spacial score (nSPS) is 13.0. The van der Waals surface area contributed by atoms with E-state index in [1.807, 2.05) is 0 Å². The van der Waals surface area contributed by atoms with Crippen LogP contribution in [0.4, 0.5) is 46.5 Å². The van der Waals surface area contributed by atoms with E-state index in [9.17, 15) is 50.3 Å². The topological polar surface area (TPSA) is 85.0 Å². The van der Waals surface area contributed by atoms with Crippen molar-refractivity contribution in [3.05, 3.63) is 58.1 Å². The lowest BCUT2D eigenvalue weighted by molar-refractivity contribution is -0.384. The Morgan fingerprint density at radius 2 is 1.72 bits per heavy atom. The molecule has 0 saturated heterocycles. The zero-order valence-corrected chi connectivity index (χ0v) is 15.5. The zero-order valence-electron chi connectivity index (χ0n) is 15.5. The highest BCUT2D eigenvalue weighted by Crippen LogP contribution is 2.48. The summed E-state index contributed by atoms with van der Waals surface area (Å²) in [5.74, 6) is -19.5. The van der Waals surface area contributed by atoms with Crippen LogP contribution in [-0.4, -0.2) is 47.0 Å². The number of aromatic hydroxyl groups is 1. The van der Waals surface area contributed by atoms with Gasteiger partial charge in [-0.05, 0) is 18.2 Å². The molecule has 0 bridgehead atoms. The molecule has 6 nitrogen and oxygen atoms in total. The molecule has 0 aliphatic heterocycles. The molecule has 0 heterocycles. The zero-order chi connectivity index (χ0) is 24.3. The van der Waals surface area contributed by atoms with Gasteiger partial charge in [0, 0.05) is 23.9 Å². The van der Waals surface area contributed by atoms with Gasteiger partial charge in [0.1, 0.15) is 17.2 Å². The molecular weight excluding hydrogens is 460 g/mol. The van der Waals surface area contributed by atoms with Gasteiger partial charge >= 0.3 is 24.2 Å². The molecule has 0 amide bonds. The number of para-hydroxylation sites is 2. The number of ether oxygens (including phenoxy) is 1. The lowest BCUT2D eigenvalue weighted by atomic mass is 10.1. The van der Waals surface area contributed by atoms with E-state index in [1.54, 1.807) is 0 Å². The molecule has 0 radical (unpaired) electrons. The van der Waals surface area contributed by atoms with E-state index < -0.39 is 52.9 Å². The van der Waals surface area contributed by atoms with Crippen LogP contribution in [0.3, 0.4) is 0 Å². The van der Waals surface area contributed by atoms with Gasteiger partial charge in [-0.2, -0.15) is 26.3 Å². The highest BCUT2D eigenvalue weighted by atomic mass is 19.4. The predicted molar refractivity (Wildman–Crippen MR) is 94.8 cm³/mol. The number of rotatable bonds is 9. The Hall–Kier alpha value is -3.45. The molecule has 0 saturated carbocycles. The number of halogens is 8. The minimum atomic E-state index is -6.43. The van der Waals surface area contributed by atoms with Gasteiger partial charge in [0.2, 0.25) is 0 Å². The monoisotopic (exact) mass is 472 g/mol. The number of benzene rings is 2. The lowest BCUT2D eigenvalue weighted by Crippen LogP contribution is -2.59. The number of alkyl halides is 8. The Morgan fingerprint density at radius 3 is 2.31 bits per heavy atom. The first kappa shape index (κ1) is 24.8. The largest absolute Gasteiger partial charge is 0.507 e. The van der Waals surface area contributed by atoms with E-state index in [0.717, 1.165) is 36.5 Å². The molecule has 0 atom stereocenters. The summed E-state index contributed by atoms with van der Waals surface area (Å²) in [7, 11) is 0. The molecule has 0 spiro atoms. The third kappa shape index (κ3) is 4.89. The quantitative estimate of drug-likeness (QED) is 0.223. The smallest absolute Gasteiger partial charge is 0.381 e. The van der Waals surface area contributed by atoms with Gasteiger partial charge in [-0.15, -0.1) is 0 Å². The minimum Gasteiger partial charge on any atom is -0.507 e. The van der Waals surface area contributed by atoms with E-state index in [4.69, 9.17) is 0 Å². The first-order valence-corrected chi connectivity index (χ1v) is 8.35. The average molecular weight is 472 g/mol. The van der Waals surface area contributed by atoms with Gasteiger partial charge in [-0.25, -0.2) is 8.78 Å². The molecule has 0 aromatic heterocycles. The highest BCUT2D eigenvalue weighted by molar-refractivity contribution is 5.86. The van der Waals surface area contributed by atoms with Crippen molar-refractivity contribution in [3.63, 3.8) is 0 Å². The van der Waals surface area contributed by atoms with Crippen molar-refractivity contribution in [2.45, 2.75) is 24.2 Å². The second-order valence-corrected chi connectivity index (χ2v) is 6.22. The summed E-state index contributed by atoms with van der Waals surface area (Å²) in [5.41, 5.74) is -0.920. The van der Waals surface area contributed by atoms with Crippen LogP contribution >= 0.6 is 0 Å². The van der Waals surface area contributed by atoms with E-state index in [-0.39, 0.29) is 11.3 Å². The number of phenolic OH excluding ortho intramolecular Hbond substituents is 1. The van der Waals surface area contributed by atoms with Gasteiger partial charge in [0.15, 0.2) is 6.61 Å². The summed E-state index contributed by atoms with van der Waals surface area (Å²) in [4.78, 5) is 13.8. The first-order chi connectivity index (χ1) is 14.7. The number of nitrogens with zero attached hydrogens (tertiary/aromatic N) is 2. The number of nitro groups is 1. The third-order valence-corrected chi connectivity index (χ3v) is 3.99. The highest BCUT2D eigenvalue weighted by Gasteiger charge is 2.75. The standard InChI is InChI=1S/C18H12F8N2O4/c19-15(20)17(23,24)18(25,26)16(21,22)9-32-14-4-2-1-3-12(14)27-8-10-7-11(28(30)31)5-6-13(10)29/h1-8,15,29H,9H2. The van der Waals surface area contributed by atoms with Gasteiger partial charge in [-0.1, -0.05) is 12.1 Å². The van der Waals surface area contributed by atoms with Crippen LogP contribution in [0.2, 0.25) is 0 Å². The number of aliphatic imine (C=N–C) groups is 1. The third-order valence-electron chi connectivity index (χ3n) is 3.99. The van der Waals surface area contributed by atoms with Crippen LogP contribution in [-0.2, 0) is 0 Å². The number of non-ortho nitro benzene ring substituents is 1. The average Bonchev–Trinajstić information content (AvgIpc) is 2.71. The second kappa shape index (κ2) is 8.96. The van der Waals surface area contributed by atoms with E-state index in [1.165, 1.54) is 12.1 Å². The molecule has 0 aliphatic rings. The molecule has 2 aromatic carbocycles. The number of hydrogen-bond acceptors (Lipinski definition) is 5. The Morgan fingerprint density at radius 1 is 1.09 bits per heavy atom. The Labute approximate surface area is 173 Å². The maximum Gasteiger partial charge on any atom is 0.381 e. The molecular formula is C18H12F8N2O4. The van der Waals surface area contributed by atoms with Crippen molar-refractivity contribution in [1.82, 2.24) is 0 Å². The lowest BCUT2D eigenvalue weighted by Gasteiger charge is -2.32. The Balaban J connectivity index is 2.28. The van der Waals surface area contributed by atoms with Crippen LogP contribution < -0.4 is 4.74 Å². The van der Waals surface area contributed by atoms with Crippen LogP contribution in [0.15, 0.2) is 47.5 Å². The molecule has 0 unspecified atom stereocenters. The van der Waals surface area contributed by atoms with Crippen LogP contribution in [0.25, 0.3) is 0 Å². The maximum absolute atomic E-state index is 13.7. The van der Waals surface area contributed by atoms with Crippen molar-refractivity contribution >= 4 is 17.6 Å². The van der Waals surface area contributed by atoms with Crippen molar-refractivity contribution < 1.29 is 49.9 Å². The molecule has 174 valence electrons. The van der Waals surface area contributed by atoms with Gasteiger partial charge in [-0.3, -0.25) is 15.1 Å². The fourth-order valence-electron chi connectivity index (χ4n) is 2.22. The van der Waals surface area contributed by atoms with Gasteiger partial charge in [0.05, 0.1) is 4.92 Å². The van der Waals surface area contributed by atoms with Crippen LogP contribution in [0.5, 0.6) is 11.5 Å². The van der Waals surface area contributed by atoms with Crippen molar-refractivity contribution in [1.29, 1.82) is 0 Å². The van der Waals surface area contributed by atoms with Crippen molar-refractivity contribution in [2.75, 3.05) is 6.61 Å². The molecule has 14 heteroatoms. The Bertz CT molecular complexity index is 1010. The number of phenols is 1. The van der Waals surface area contributed by atoms with E-state index in [2.05, 4.69) is 9.73 Å². The SMILES string of the molecule is O=[N+]([O-])c1ccc(O)c(C=Nc2ccccc2OCC(F)(F)C(F)(F)C(F)(F)C(F)F)c1. The maximum atomic E-state index is 13.7. The second-order valence-electron chi connectivity index (χ2n) is 6.22. The summed E-state index contributed by atoms with van der Waals surface area (Å²) >= 11 is 0. The van der Waals surface area contributed by atoms with Gasteiger partial charge in [0.25, 0.3) is 5.69 Å². The van der Waals surface area contributed by atoms with Crippen molar-refractivity contribution in [2.24, 2.45) is 4.99 Å². The summed E-state index contributed by atoms with van der Waals surface area (Å²) < 4.78 is 109.